The van der Waals surface area contributed by atoms with Crippen LogP contribution in [0.3, 0.4) is 0 Å². The molecule has 0 unspecified atom stereocenters. The zero-order chi connectivity index (χ0) is 13.7. The molecule has 0 spiro atoms. The van der Waals surface area contributed by atoms with Crippen molar-refractivity contribution in [1.82, 2.24) is 0 Å². The van der Waals surface area contributed by atoms with Crippen molar-refractivity contribution in [3.8, 4) is 22.5 Å². The second-order valence-corrected chi connectivity index (χ2v) is 10.2. The highest BCUT2D eigenvalue weighted by Gasteiger charge is 2.37. The lowest BCUT2D eigenvalue weighted by Crippen LogP contribution is -2.49. The van der Waals surface area contributed by atoms with Crippen LogP contribution in [0.5, 0.6) is 0 Å². The van der Waals surface area contributed by atoms with Crippen LogP contribution in [0, 0.1) is 0 Å². The molecule has 0 aliphatic carbocycles. The number of hydrogen-bond acceptors (Lipinski definition) is 1. The quantitative estimate of drug-likeness (QED) is 0.617. The van der Waals surface area contributed by atoms with Crippen LogP contribution in [-0.2, 0) is 0 Å². The van der Waals surface area contributed by atoms with E-state index in [1.807, 2.05) is 12.1 Å². The van der Waals surface area contributed by atoms with Crippen molar-refractivity contribution in [2.75, 3.05) is 0 Å². The number of furan rings is 1. The Bertz CT molecular complexity index is 785. The van der Waals surface area contributed by atoms with E-state index >= 15 is 0 Å². The number of fused-ring (bicyclic) bond motifs is 3. The summed E-state index contributed by atoms with van der Waals surface area (Å²) in [6.07, 6.45) is 1.73. The van der Waals surface area contributed by atoms with Crippen LogP contribution in [0.15, 0.2) is 65.3 Å². The summed E-state index contributed by atoms with van der Waals surface area (Å²) in [6, 6.07) is 19.6. The molecule has 1 aromatic heterocycles. The summed E-state index contributed by atoms with van der Waals surface area (Å²) in [5.41, 5.74) is 3.97. The summed E-state index contributed by atoms with van der Waals surface area (Å²) in [7, 11) is -1.52. The first kappa shape index (κ1) is 11.7. The maximum Gasteiger partial charge on any atom is 0.133 e. The van der Waals surface area contributed by atoms with E-state index in [4.69, 9.17) is 4.42 Å². The van der Waals surface area contributed by atoms with Crippen molar-refractivity contribution >= 4 is 18.4 Å². The van der Waals surface area contributed by atoms with Gasteiger partial charge in [-0.3, -0.25) is 0 Å². The summed E-state index contributed by atoms with van der Waals surface area (Å²) >= 11 is 0. The number of hydrogen-bond donors (Lipinski definition) is 0. The predicted octanol–water partition coefficient (Wildman–Crippen LogP) is 3.75. The first-order chi connectivity index (χ1) is 9.68. The summed E-state index contributed by atoms with van der Waals surface area (Å²) in [6.45, 7) is 4.87. The van der Waals surface area contributed by atoms with Gasteiger partial charge >= 0.3 is 0 Å². The van der Waals surface area contributed by atoms with Gasteiger partial charge in [0.05, 0.1) is 6.26 Å². The molecule has 3 aromatic rings. The van der Waals surface area contributed by atoms with Crippen LogP contribution in [0.25, 0.3) is 22.5 Å². The summed E-state index contributed by atoms with van der Waals surface area (Å²) in [5, 5.41) is 3.08. The Balaban J connectivity index is 1.99. The Labute approximate surface area is 119 Å². The first-order valence-corrected chi connectivity index (χ1v) is 9.96. The SMILES string of the molecule is C[Si]1(C)c2ccccc2-c2cc(-c3ccco3)ccc21. The van der Waals surface area contributed by atoms with E-state index < -0.39 is 8.07 Å². The van der Waals surface area contributed by atoms with E-state index in [0.29, 0.717) is 0 Å². The van der Waals surface area contributed by atoms with Crippen molar-refractivity contribution in [1.29, 1.82) is 0 Å². The lowest BCUT2D eigenvalue weighted by Gasteiger charge is -2.18. The van der Waals surface area contributed by atoms with E-state index in [1.54, 1.807) is 11.4 Å². The molecule has 0 saturated carbocycles. The van der Waals surface area contributed by atoms with Crippen LogP contribution in [0.2, 0.25) is 13.1 Å². The molecule has 0 atom stereocenters. The minimum Gasteiger partial charge on any atom is -0.464 e. The van der Waals surface area contributed by atoms with E-state index in [1.165, 1.54) is 16.3 Å². The average Bonchev–Trinajstić information content (AvgIpc) is 3.07. The topological polar surface area (TPSA) is 13.1 Å². The molecule has 2 heterocycles. The Morgan fingerprint density at radius 2 is 1.60 bits per heavy atom. The molecule has 2 heteroatoms. The Morgan fingerprint density at radius 3 is 2.40 bits per heavy atom. The van der Waals surface area contributed by atoms with Gasteiger partial charge < -0.3 is 4.42 Å². The van der Waals surface area contributed by atoms with E-state index in [0.717, 1.165) is 11.3 Å². The van der Waals surface area contributed by atoms with Crippen molar-refractivity contribution in [2.24, 2.45) is 0 Å². The van der Waals surface area contributed by atoms with Gasteiger partial charge in [-0.2, -0.15) is 0 Å². The monoisotopic (exact) mass is 276 g/mol. The molecular weight excluding hydrogens is 260 g/mol. The molecule has 0 radical (unpaired) electrons. The standard InChI is InChI=1S/C18H16OSi/c1-20(2)17-8-4-3-6-14(17)15-12-13(9-10-18(15)20)16-7-5-11-19-16/h3-12H,1-2H3. The van der Waals surface area contributed by atoms with Crippen molar-refractivity contribution < 1.29 is 4.42 Å². The van der Waals surface area contributed by atoms with Crippen molar-refractivity contribution in [2.45, 2.75) is 13.1 Å². The smallest absolute Gasteiger partial charge is 0.133 e. The first-order valence-electron chi connectivity index (χ1n) is 6.96. The Morgan fingerprint density at radius 1 is 0.800 bits per heavy atom. The third-order valence-electron chi connectivity index (χ3n) is 4.39. The normalized spacial score (nSPS) is 14.9. The van der Waals surface area contributed by atoms with Gasteiger partial charge in [-0.25, -0.2) is 0 Å². The fourth-order valence-electron chi connectivity index (χ4n) is 3.32. The lowest BCUT2D eigenvalue weighted by molar-refractivity contribution is 0.582. The zero-order valence-electron chi connectivity index (χ0n) is 11.7. The molecule has 1 aliphatic rings. The predicted molar refractivity (Wildman–Crippen MR) is 86.3 cm³/mol. The largest absolute Gasteiger partial charge is 0.464 e. The molecular formula is C18H16OSi. The minimum absolute atomic E-state index is 0.941. The van der Waals surface area contributed by atoms with Crippen LogP contribution in [0.4, 0.5) is 0 Å². The van der Waals surface area contributed by atoms with Crippen LogP contribution in [-0.4, -0.2) is 8.07 Å². The molecule has 1 nitrogen and oxygen atoms in total. The third kappa shape index (κ3) is 1.48. The van der Waals surface area contributed by atoms with Gasteiger partial charge in [-0.15, -0.1) is 0 Å². The maximum absolute atomic E-state index is 5.53. The molecule has 0 fully saturated rings. The average molecular weight is 276 g/mol. The van der Waals surface area contributed by atoms with Gasteiger partial charge in [-0.1, -0.05) is 49.5 Å². The molecule has 0 N–H and O–H groups in total. The Hall–Kier alpha value is -2.06. The summed E-state index contributed by atoms with van der Waals surface area (Å²) in [5.74, 6) is 0.941. The highest BCUT2D eigenvalue weighted by atomic mass is 28.3. The fraction of sp³-hybridized carbons (Fsp3) is 0.111. The van der Waals surface area contributed by atoms with E-state index in [2.05, 4.69) is 55.6 Å². The molecule has 0 amide bonds. The van der Waals surface area contributed by atoms with Gasteiger partial charge in [0.2, 0.25) is 0 Å². The number of benzene rings is 2. The van der Waals surface area contributed by atoms with Crippen molar-refractivity contribution in [3.05, 3.63) is 60.9 Å². The molecule has 4 rings (SSSR count). The summed E-state index contributed by atoms with van der Waals surface area (Å²) < 4.78 is 5.53. The van der Waals surface area contributed by atoms with E-state index in [-0.39, 0.29) is 0 Å². The minimum atomic E-state index is -1.52. The summed E-state index contributed by atoms with van der Waals surface area (Å²) in [4.78, 5) is 0. The van der Waals surface area contributed by atoms with Crippen LogP contribution >= 0.6 is 0 Å². The van der Waals surface area contributed by atoms with Gasteiger partial charge in [0.25, 0.3) is 0 Å². The number of rotatable bonds is 1. The lowest BCUT2D eigenvalue weighted by atomic mass is 10.0. The van der Waals surface area contributed by atoms with E-state index in [9.17, 15) is 0 Å². The molecule has 98 valence electrons. The second-order valence-electron chi connectivity index (χ2n) is 5.91. The van der Waals surface area contributed by atoms with Gasteiger partial charge in [0, 0.05) is 5.56 Å². The van der Waals surface area contributed by atoms with Crippen LogP contribution < -0.4 is 10.4 Å². The fourth-order valence-corrected chi connectivity index (χ4v) is 6.39. The second kappa shape index (κ2) is 3.97. The van der Waals surface area contributed by atoms with Crippen molar-refractivity contribution in [3.63, 3.8) is 0 Å². The molecule has 0 bridgehead atoms. The molecule has 0 saturated heterocycles. The van der Waals surface area contributed by atoms with Crippen LogP contribution in [0.1, 0.15) is 0 Å². The molecule has 20 heavy (non-hydrogen) atoms. The zero-order valence-corrected chi connectivity index (χ0v) is 12.7. The van der Waals surface area contributed by atoms with Gasteiger partial charge in [0.1, 0.15) is 13.8 Å². The van der Waals surface area contributed by atoms with Gasteiger partial charge in [-0.05, 0) is 39.7 Å². The highest BCUT2D eigenvalue weighted by Crippen LogP contribution is 2.31. The molecule has 2 aromatic carbocycles. The Kier molecular flexibility index (Phi) is 2.33. The molecule has 1 aliphatic heterocycles. The van der Waals surface area contributed by atoms with Gasteiger partial charge in [0.15, 0.2) is 0 Å². The maximum atomic E-state index is 5.53. The highest BCUT2D eigenvalue weighted by molar-refractivity contribution is 7.03. The third-order valence-corrected chi connectivity index (χ3v) is 7.95.